The quantitative estimate of drug-likeness (QED) is 0.896. The Labute approximate surface area is 123 Å². The summed E-state index contributed by atoms with van der Waals surface area (Å²) in [6.07, 6.45) is 0.504. The van der Waals surface area contributed by atoms with Crippen LogP contribution in [0.25, 0.3) is 0 Å². The molecule has 6 nitrogen and oxygen atoms in total. The van der Waals surface area contributed by atoms with E-state index in [1.165, 1.54) is 5.56 Å². The highest BCUT2D eigenvalue weighted by molar-refractivity contribution is 5.78. The lowest BCUT2D eigenvalue weighted by Gasteiger charge is -2.18. The molecule has 1 aliphatic heterocycles. The first-order valence-corrected chi connectivity index (χ1v) is 7.08. The third kappa shape index (κ3) is 2.89. The Hall–Kier alpha value is -2.37. The van der Waals surface area contributed by atoms with Crippen molar-refractivity contribution in [2.45, 2.75) is 25.8 Å². The third-order valence-electron chi connectivity index (χ3n) is 3.81. The first kappa shape index (κ1) is 13.6. The number of aromatic nitrogens is 3. The molecule has 1 atom stereocenters. The van der Waals surface area contributed by atoms with E-state index in [2.05, 4.69) is 32.6 Å². The van der Waals surface area contributed by atoms with Gasteiger partial charge in [0.15, 0.2) is 5.82 Å². The zero-order chi connectivity index (χ0) is 14.8. The Morgan fingerprint density at radius 3 is 3.00 bits per heavy atom. The van der Waals surface area contributed by atoms with Crippen LogP contribution in [0.2, 0.25) is 0 Å². The molecular weight excluding hydrogens is 266 g/mol. The molecule has 0 fully saturated rings. The summed E-state index contributed by atoms with van der Waals surface area (Å²) in [7, 11) is 1.79. The average molecular weight is 285 g/mol. The second kappa shape index (κ2) is 5.55. The highest BCUT2D eigenvalue weighted by Crippen LogP contribution is 2.33. The number of hydrogen-bond acceptors (Lipinski definition) is 4. The van der Waals surface area contributed by atoms with Gasteiger partial charge in [-0.1, -0.05) is 18.2 Å². The minimum Gasteiger partial charge on any atom is -0.384 e. The van der Waals surface area contributed by atoms with Crippen molar-refractivity contribution >= 4 is 11.6 Å². The molecule has 1 unspecified atom stereocenters. The molecule has 2 N–H and O–H groups in total. The Balaban J connectivity index is 1.62. The van der Waals surface area contributed by atoms with Crippen LogP contribution in [0.5, 0.6) is 0 Å². The third-order valence-corrected chi connectivity index (χ3v) is 3.81. The van der Waals surface area contributed by atoms with Crippen molar-refractivity contribution in [2.24, 2.45) is 0 Å². The van der Waals surface area contributed by atoms with Crippen LogP contribution in [-0.4, -0.2) is 39.6 Å². The molecule has 3 rings (SSSR count). The SMILES string of the molecule is Cc1nc(CN(C)C(=O)CC2CNc3ccccc32)n[nH]1. The maximum atomic E-state index is 12.4. The highest BCUT2D eigenvalue weighted by atomic mass is 16.2. The predicted molar refractivity (Wildman–Crippen MR) is 79.9 cm³/mol. The first-order valence-electron chi connectivity index (χ1n) is 7.08. The molecule has 2 heterocycles. The van der Waals surface area contributed by atoms with Crippen molar-refractivity contribution in [3.05, 3.63) is 41.5 Å². The summed E-state index contributed by atoms with van der Waals surface area (Å²) < 4.78 is 0. The number of fused-ring (bicyclic) bond motifs is 1. The highest BCUT2D eigenvalue weighted by Gasteiger charge is 2.25. The van der Waals surface area contributed by atoms with Gasteiger partial charge in [-0.2, -0.15) is 5.10 Å². The number of benzene rings is 1. The number of aromatic amines is 1. The first-order chi connectivity index (χ1) is 10.1. The molecule has 0 saturated heterocycles. The van der Waals surface area contributed by atoms with Crippen LogP contribution in [0.4, 0.5) is 5.69 Å². The van der Waals surface area contributed by atoms with E-state index >= 15 is 0 Å². The number of nitrogens with one attached hydrogen (secondary N) is 2. The number of anilines is 1. The molecule has 110 valence electrons. The van der Waals surface area contributed by atoms with Gasteiger partial charge < -0.3 is 10.2 Å². The Bertz CT molecular complexity index is 651. The van der Waals surface area contributed by atoms with Gasteiger partial charge in [0.2, 0.25) is 5.91 Å². The largest absolute Gasteiger partial charge is 0.384 e. The maximum Gasteiger partial charge on any atom is 0.223 e. The minimum atomic E-state index is 0.112. The van der Waals surface area contributed by atoms with Crippen molar-refractivity contribution in [2.75, 3.05) is 18.9 Å². The predicted octanol–water partition coefficient (Wildman–Crippen LogP) is 1.67. The van der Waals surface area contributed by atoms with E-state index in [-0.39, 0.29) is 11.8 Å². The molecule has 0 radical (unpaired) electrons. The van der Waals surface area contributed by atoms with Gasteiger partial charge in [0, 0.05) is 31.6 Å². The van der Waals surface area contributed by atoms with Gasteiger partial charge in [-0.25, -0.2) is 4.98 Å². The summed E-state index contributed by atoms with van der Waals surface area (Å²) in [5, 5.41) is 10.2. The van der Waals surface area contributed by atoms with Gasteiger partial charge in [0.1, 0.15) is 5.82 Å². The van der Waals surface area contributed by atoms with Crippen LogP contribution >= 0.6 is 0 Å². The van der Waals surface area contributed by atoms with Crippen molar-refractivity contribution in [1.29, 1.82) is 0 Å². The van der Waals surface area contributed by atoms with Crippen molar-refractivity contribution in [3.63, 3.8) is 0 Å². The van der Waals surface area contributed by atoms with Gasteiger partial charge in [-0.3, -0.25) is 9.89 Å². The number of aryl methyl sites for hydroxylation is 1. The summed E-state index contributed by atoms with van der Waals surface area (Å²) >= 11 is 0. The minimum absolute atomic E-state index is 0.112. The number of carbonyl (C=O) groups excluding carboxylic acids is 1. The molecule has 1 aromatic heterocycles. The van der Waals surface area contributed by atoms with E-state index in [1.807, 2.05) is 19.1 Å². The molecular formula is C15H19N5O. The van der Waals surface area contributed by atoms with E-state index in [1.54, 1.807) is 11.9 Å². The summed E-state index contributed by atoms with van der Waals surface area (Å²) in [5.41, 5.74) is 2.37. The molecule has 0 aliphatic carbocycles. The molecule has 0 saturated carbocycles. The number of amides is 1. The Kier molecular flexibility index (Phi) is 3.60. The lowest BCUT2D eigenvalue weighted by atomic mass is 9.97. The Morgan fingerprint density at radius 2 is 2.24 bits per heavy atom. The van der Waals surface area contributed by atoms with Crippen molar-refractivity contribution in [3.8, 4) is 0 Å². The standard InChI is InChI=1S/C15H19N5O/c1-10-17-14(19-18-10)9-20(2)15(21)7-11-8-16-13-6-4-3-5-12(11)13/h3-6,11,16H,7-9H2,1-2H3,(H,17,18,19). The fourth-order valence-corrected chi connectivity index (χ4v) is 2.67. The summed E-state index contributed by atoms with van der Waals surface area (Å²) in [6.45, 7) is 3.10. The number of hydrogen-bond donors (Lipinski definition) is 2. The second-order valence-corrected chi connectivity index (χ2v) is 5.46. The van der Waals surface area contributed by atoms with E-state index in [0.29, 0.717) is 18.8 Å². The molecule has 1 aromatic carbocycles. The van der Waals surface area contributed by atoms with Crippen LogP contribution in [0, 0.1) is 6.92 Å². The lowest BCUT2D eigenvalue weighted by Crippen LogP contribution is -2.28. The Morgan fingerprint density at radius 1 is 1.43 bits per heavy atom. The van der Waals surface area contributed by atoms with Crippen LogP contribution in [-0.2, 0) is 11.3 Å². The van der Waals surface area contributed by atoms with Gasteiger partial charge in [-0.05, 0) is 18.6 Å². The van der Waals surface area contributed by atoms with Crippen LogP contribution in [0.15, 0.2) is 24.3 Å². The van der Waals surface area contributed by atoms with E-state index in [9.17, 15) is 4.79 Å². The van der Waals surface area contributed by atoms with E-state index < -0.39 is 0 Å². The van der Waals surface area contributed by atoms with Crippen LogP contribution < -0.4 is 5.32 Å². The normalized spacial score (nSPS) is 16.4. The maximum absolute atomic E-state index is 12.4. The zero-order valence-electron chi connectivity index (χ0n) is 12.3. The van der Waals surface area contributed by atoms with Gasteiger partial charge in [0.05, 0.1) is 6.54 Å². The summed E-state index contributed by atoms with van der Waals surface area (Å²) in [4.78, 5) is 18.3. The number of H-pyrrole nitrogens is 1. The number of rotatable bonds is 4. The van der Waals surface area contributed by atoms with E-state index in [0.717, 1.165) is 18.1 Å². The average Bonchev–Trinajstić information content (AvgIpc) is 3.06. The molecule has 0 spiro atoms. The monoisotopic (exact) mass is 285 g/mol. The van der Waals surface area contributed by atoms with Crippen molar-refractivity contribution < 1.29 is 4.79 Å². The number of para-hydroxylation sites is 1. The second-order valence-electron chi connectivity index (χ2n) is 5.46. The van der Waals surface area contributed by atoms with Crippen LogP contribution in [0.3, 0.4) is 0 Å². The van der Waals surface area contributed by atoms with Crippen molar-refractivity contribution in [1.82, 2.24) is 20.1 Å². The number of nitrogens with zero attached hydrogens (tertiary/aromatic N) is 3. The smallest absolute Gasteiger partial charge is 0.223 e. The molecule has 1 aliphatic rings. The molecule has 1 amide bonds. The van der Waals surface area contributed by atoms with Gasteiger partial charge >= 0.3 is 0 Å². The van der Waals surface area contributed by atoms with Crippen LogP contribution in [0.1, 0.15) is 29.6 Å². The molecule has 6 heteroatoms. The summed E-state index contributed by atoms with van der Waals surface area (Å²) in [5.74, 6) is 1.76. The fourth-order valence-electron chi connectivity index (χ4n) is 2.67. The van der Waals surface area contributed by atoms with Gasteiger partial charge in [0.25, 0.3) is 0 Å². The molecule has 0 bridgehead atoms. The molecule has 2 aromatic rings. The summed E-state index contributed by atoms with van der Waals surface area (Å²) in [6, 6.07) is 8.17. The lowest BCUT2D eigenvalue weighted by molar-refractivity contribution is -0.130. The van der Waals surface area contributed by atoms with Gasteiger partial charge in [-0.15, -0.1) is 0 Å². The fraction of sp³-hybridized carbons (Fsp3) is 0.400. The molecule has 21 heavy (non-hydrogen) atoms. The number of carbonyl (C=O) groups is 1. The zero-order valence-corrected chi connectivity index (χ0v) is 12.3. The van der Waals surface area contributed by atoms with E-state index in [4.69, 9.17) is 0 Å². The topological polar surface area (TPSA) is 73.9 Å².